The third kappa shape index (κ3) is 33.2. The molecule has 16 heterocycles. The number of furan rings is 2. The van der Waals surface area contributed by atoms with Crippen LogP contribution in [0.25, 0.3) is 97.5 Å². The third-order valence-electron chi connectivity index (χ3n) is 19.5. The van der Waals surface area contributed by atoms with Crippen LogP contribution in [-0.2, 0) is 96.6 Å². The van der Waals surface area contributed by atoms with Gasteiger partial charge in [0.05, 0.1) is 129 Å². The van der Waals surface area contributed by atoms with Gasteiger partial charge in [-0.05, 0) is 86.0 Å². The zero-order valence-electron chi connectivity index (χ0n) is 76.1. The Morgan fingerprint density at radius 1 is 0.510 bits per heavy atom. The maximum Gasteiger partial charge on any atom is 0.339 e. The van der Waals surface area contributed by atoms with Crippen molar-refractivity contribution >= 4 is 220 Å². The molecule has 48 heteroatoms. The molecule has 8 aliphatic rings. The number of amides is 1. The molecule has 8 aliphatic heterocycles. The van der Waals surface area contributed by atoms with Gasteiger partial charge in [-0.2, -0.15) is 14.2 Å². The zero-order valence-corrected chi connectivity index (χ0v) is 84.6. The number of halogens is 8. The summed E-state index contributed by atoms with van der Waals surface area (Å²) in [5.41, 5.74) is 17.2. The second-order valence-electron chi connectivity index (χ2n) is 29.5. The maximum atomic E-state index is 13.5. The predicted octanol–water partition coefficient (Wildman–Crippen LogP) is 19.4. The van der Waals surface area contributed by atoms with E-state index in [-0.39, 0.29) is 11.1 Å². The molecule has 8 aromatic heterocycles. The minimum atomic E-state index is -5.43. The fraction of sp³-hybridized carbons (Fsp3) is 0.232. The molecule has 22 rings (SSSR count). The van der Waals surface area contributed by atoms with E-state index in [1.54, 1.807) is 43.1 Å². The number of ether oxygens (including phenoxy) is 8. The van der Waals surface area contributed by atoms with Gasteiger partial charge >= 0.3 is 110 Å². The quantitative estimate of drug-likeness (QED) is 0.0132. The van der Waals surface area contributed by atoms with Crippen LogP contribution < -0.4 is 31.2 Å². The number of nitrogens with zero attached hydrogens (tertiary/aromatic N) is 10. The largest absolute Gasteiger partial charge is 0.500 e. The van der Waals surface area contributed by atoms with Gasteiger partial charge in [-0.1, -0.05) is 138 Å². The Labute approximate surface area is 840 Å². The molecule has 746 valence electrons. The summed E-state index contributed by atoms with van der Waals surface area (Å²) >= 11 is 20.5. The number of nitrogens with one attached hydrogen (secondary N) is 2. The van der Waals surface area contributed by atoms with E-state index in [9.17, 15) is 65.7 Å². The van der Waals surface area contributed by atoms with E-state index in [0.29, 0.717) is 121 Å². The van der Waals surface area contributed by atoms with Crippen molar-refractivity contribution in [3.05, 3.63) is 295 Å². The number of nitrogens with two attached hydrogens (primary N) is 1. The van der Waals surface area contributed by atoms with Gasteiger partial charge in [0.15, 0.2) is 36.1 Å². The summed E-state index contributed by atoms with van der Waals surface area (Å²) in [4.78, 5) is 133. The number of ketones is 2. The SMILES string of the molecule is C1=COCC1.CC(=O)[O][Pb]([O]C(C)=O)([O]C(C)=O)[O]C(C)=O.Clc1nc2c(c3ccccc13)OCC2.Clc1nc2ccoc2c2ccccc12.Fc1nc2c(c3ccccc13)OCC2.Nn1nnc2ccccc21.O=C(CF)C1=COCC1.O=C(CF)C1=COCC1.O=C=NC1=COCC1.O=P(Cl)(Cl)Cl.O=c1[nH]c2c(c3ccccc13)OCC2.O=c1[nH]c2ccoc2c2ccccc12.[N-]=[N+]=NC(=O)C1=COCC1. The van der Waals surface area contributed by atoms with Crippen LogP contribution in [0.15, 0.2) is 259 Å². The van der Waals surface area contributed by atoms with Crippen molar-refractivity contribution in [2.75, 3.05) is 72.0 Å². The second kappa shape index (κ2) is 55.5. The van der Waals surface area contributed by atoms with Crippen molar-refractivity contribution < 1.29 is 114 Å². The monoisotopic (exact) mass is 2280 g/mol. The van der Waals surface area contributed by atoms with Crippen LogP contribution in [0.2, 0.25) is 10.3 Å². The normalized spacial score (nSPS) is 13.4. The molecular formula is C95H86Cl5F3N13O25PPb. The topological polar surface area (TPSA) is 513 Å². The molecule has 0 unspecified atom stereocenters. The molecule has 14 aromatic rings. The number of H-pyrrole nitrogens is 2. The van der Waals surface area contributed by atoms with E-state index < -0.39 is 88.8 Å². The number of hydrogen-bond donors (Lipinski definition) is 3. The molecule has 1 amide bonds. The Kier molecular flexibility index (Phi) is 42.8. The molecule has 0 atom stereocenters. The molecule has 0 saturated carbocycles. The number of aliphatic imine (C=N–C) groups is 1. The van der Waals surface area contributed by atoms with E-state index in [2.05, 4.69) is 94.7 Å². The number of Topliss-reactive ketones (excluding diaryl/α,β-unsaturated/α-hetero) is 2. The maximum absolute atomic E-state index is 13.5. The molecule has 38 nitrogen and oxygen atoms in total. The Bertz CT molecular complexity index is 7200. The minimum Gasteiger partial charge on any atom is -0.500 e. The van der Waals surface area contributed by atoms with Crippen molar-refractivity contribution in [2.45, 2.75) is 79.1 Å². The molecule has 0 aliphatic carbocycles. The van der Waals surface area contributed by atoms with E-state index in [4.69, 9.17) is 81.3 Å². The fourth-order valence-electron chi connectivity index (χ4n) is 13.4. The number of aromatic amines is 2. The first kappa shape index (κ1) is 110. The number of azide groups is 1. The standard InChI is InChI=1S/C11H8ClNO.C11H6ClNO.C11H8FNO.C11H9NO2.C11H7NO2.2C6H7FO2.C6H6N4.C5H5N3O2.C5H5NO2.C4H6O.4C2H4O2.Cl3OP.Pb/c3*12-11-8-4-2-1-3-7(8)10-9(13-11)5-6-14-10;2*13-11-8-4-2-1-3-7(8)10-9(12-11)5-6-14-10;2*7-3-6(8)5-1-2-9-4-5;7-10-6-4-2-1-3-5(6)8-9-10;6-8-7-5(9)4-1-2-10-3-4;7-4-6-5-1-2-8-3-5;1-2-4-5-3-1;4*1-2(3)4;1-5(2,3)4;/h1-4H,5-6H2;1-6H;1-4H,5-6H2;1-4H,5-6H2,(H,12,13);1-6H,(H,12,13);2*4H,1-3H2;1-4H,7H2;3H,1-2H2;3H,1-2H2;1,3H,2,4H2;4*1H3,(H,3,4);;/q;;;;;;;;;;;;;;;;+4/p-4. The summed E-state index contributed by atoms with van der Waals surface area (Å²) in [7, 11) is 0. The van der Waals surface area contributed by atoms with Gasteiger partial charge in [-0.3, -0.25) is 28.5 Å². The number of isocyanates is 1. The van der Waals surface area contributed by atoms with Gasteiger partial charge < -0.3 is 62.5 Å². The smallest absolute Gasteiger partial charge is 0.339 e. The van der Waals surface area contributed by atoms with Crippen LogP contribution in [0.4, 0.5) is 13.2 Å². The number of pyridine rings is 5. The molecule has 4 N–H and O–H groups in total. The Morgan fingerprint density at radius 2 is 0.944 bits per heavy atom. The van der Waals surface area contributed by atoms with Gasteiger partial charge in [0.25, 0.3) is 11.1 Å². The van der Waals surface area contributed by atoms with Gasteiger partial charge in [0, 0.05) is 128 Å². The second-order valence-corrected chi connectivity index (χ2v) is 43.9. The third-order valence-corrected chi connectivity index (χ3v) is 28.5. The van der Waals surface area contributed by atoms with E-state index in [1.807, 2.05) is 140 Å². The number of alkyl halides is 2. The number of aromatic nitrogens is 8. The molecule has 0 bridgehead atoms. The molecule has 0 radical (unpaired) electrons. The number of nitrogen functional groups attached to an aromatic ring is 1. The molecule has 0 spiro atoms. The molecule has 0 fully saturated rings. The number of hydrogen-bond acceptors (Lipinski definition) is 32. The summed E-state index contributed by atoms with van der Waals surface area (Å²) in [5.74, 6) is 2.57. The van der Waals surface area contributed by atoms with Crippen LogP contribution >= 0.6 is 62.1 Å². The number of carbonyl (C=O) groups is 7. The molecule has 143 heavy (non-hydrogen) atoms. The van der Waals surface area contributed by atoms with Crippen molar-refractivity contribution in [1.29, 1.82) is 0 Å². The fourth-order valence-corrected chi connectivity index (χ4v) is 20.4. The van der Waals surface area contributed by atoms with Gasteiger partial charge in [0.1, 0.15) is 50.4 Å². The van der Waals surface area contributed by atoms with E-state index in [0.717, 1.165) is 165 Å². The molecule has 6 aromatic carbocycles. The summed E-state index contributed by atoms with van der Waals surface area (Å²) < 4.78 is 116. The molecule has 0 saturated heterocycles. The number of benzene rings is 6. The number of para-hydroxylation sites is 1. The average Bonchev–Trinajstić information content (AvgIpc) is 1.63. The first-order valence-corrected chi connectivity index (χ1v) is 54.3. The Hall–Kier alpha value is -14.7. The first-order valence-electron chi connectivity index (χ1n) is 42.7. The van der Waals surface area contributed by atoms with Crippen molar-refractivity contribution in [3.8, 4) is 17.2 Å². The van der Waals surface area contributed by atoms with Crippen molar-refractivity contribution in [3.63, 3.8) is 0 Å². The number of fused-ring (bicyclic) bond motifs is 16. The van der Waals surface area contributed by atoms with Gasteiger partial charge in [-0.25, -0.2) is 28.5 Å². The predicted molar refractivity (Wildman–Crippen MR) is 526 cm³/mol. The van der Waals surface area contributed by atoms with Gasteiger partial charge in [0.2, 0.25) is 17.9 Å². The van der Waals surface area contributed by atoms with Crippen LogP contribution in [0, 0.1) is 5.95 Å². The number of carbonyl (C=O) groups excluding carboxylic acids is 8. The van der Waals surface area contributed by atoms with Gasteiger partial charge in [-0.15, -0.1) is 5.10 Å². The van der Waals surface area contributed by atoms with E-state index >= 15 is 0 Å². The van der Waals surface area contributed by atoms with Crippen molar-refractivity contribution in [2.24, 2.45) is 10.1 Å². The number of rotatable bonds is 10. The van der Waals surface area contributed by atoms with Crippen LogP contribution in [0.1, 0.15) is 76.9 Å². The summed E-state index contributed by atoms with van der Waals surface area (Å²) in [5, 5.41) is 16.7. The summed E-state index contributed by atoms with van der Waals surface area (Å²) in [6.45, 7) is 7.25. The van der Waals surface area contributed by atoms with Crippen LogP contribution in [0.3, 0.4) is 0 Å². The van der Waals surface area contributed by atoms with Crippen molar-refractivity contribution in [1.82, 2.24) is 40.0 Å². The molecular weight excluding hydrogens is 2200 g/mol. The first-order chi connectivity index (χ1) is 68.8. The van der Waals surface area contributed by atoms with E-state index in [1.165, 1.54) is 35.9 Å². The Balaban J connectivity index is 0.000000161. The summed E-state index contributed by atoms with van der Waals surface area (Å²) in [6.07, 6.45) is 19.7. The van der Waals surface area contributed by atoms with Crippen LogP contribution in [0.5, 0.6) is 17.2 Å². The summed E-state index contributed by atoms with van der Waals surface area (Å²) in [6, 6.07) is 49.0. The Morgan fingerprint density at radius 3 is 1.43 bits per heavy atom. The average molecular weight is 2280 g/mol. The van der Waals surface area contributed by atoms with Crippen LogP contribution in [-0.4, -0.2) is 177 Å². The minimum absolute atomic E-state index is 0.0233. The zero-order chi connectivity index (χ0) is 103.